The van der Waals surface area contributed by atoms with Crippen molar-refractivity contribution in [2.75, 3.05) is 11.5 Å². The van der Waals surface area contributed by atoms with Crippen LogP contribution in [0.3, 0.4) is 0 Å². The molecule has 0 spiro atoms. The fourth-order valence-corrected chi connectivity index (χ4v) is 3.66. The minimum absolute atomic E-state index is 0.424. The molecule has 1 fully saturated rings. The molecule has 1 unspecified atom stereocenters. The fraction of sp³-hybridized carbons (Fsp3) is 0.615. The summed E-state index contributed by atoms with van der Waals surface area (Å²) in [5.74, 6) is 2.53. The van der Waals surface area contributed by atoms with Crippen LogP contribution in [0.4, 0.5) is 0 Å². The first kappa shape index (κ1) is 11.9. The maximum absolute atomic E-state index is 4.14. The van der Waals surface area contributed by atoms with Gasteiger partial charge in [-0.25, -0.2) is 0 Å². The Hall–Kier alpha value is -0.540. The van der Waals surface area contributed by atoms with Gasteiger partial charge in [0.25, 0.3) is 0 Å². The Labute approximate surface area is 102 Å². The average Bonchev–Trinajstić information content (AvgIpc) is 2.28. The molecule has 0 saturated carbocycles. The summed E-state index contributed by atoms with van der Waals surface area (Å²) in [7, 11) is 0. The van der Waals surface area contributed by atoms with Crippen LogP contribution < -0.4 is 5.32 Å². The Balaban J connectivity index is 1.90. The van der Waals surface area contributed by atoms with Crippen molar-refractivity contribution in [1.82, 2.24) is 10.3 Å². The van der Waals surface area contributed by atoms with Crippen LogP contribution in [-0.2, 0) is 6.54 Å². The van der Waals surface area contributed by atoms with Gasteiger partial charge < -0.3 is 5.32 Å². The molecule has 1 aliphatic heterocycles. The topological polar surface area (TPSA) is 24.9 Å². The first-order chi connectivity index (χ1) is 7.68. The molecule has 88 valence electrons. The second kappa shape index (κ2) is 5.19. The second-order valence-corrected chi connectivity index (χ2v) is 6.26. The monoisotopic (exact) mass is 236 g/mol. The SMILES string of the molecule is CC1(C)CCSCC1NCc1cccnc1. The number of hydrogen-bond acceptors (Lipinski definition) is 3. The molecule has 1 atom stereocenters. The van der Waals surface area contributed by atoms with E-state index in [1.165, 1.54) is 23.5 Å². The van der Waals surface area contributed by atoms with Gasteiger partial charge >= 0.3 is 0 Å². The van der Waals surface area contributed by atoms with Gasteiger partial charge in [-0.05, 0) is 29.2 Å². The summed E-state index contributed by atoms with van der Waals surface area (Å²) < 4.78 is 0. The number of rotatable bonds is 3. The highest BCUT2D eigenvalue weighted by atomic mass is 32.2. The molecule has 0 aromatic carbocycles. The highest BCUT2D eigenvalue weighted by molar-refractivity contribution is 7.99. The van der Waals surface area contributed by atoms with E-state index >= 15 is 0 Å². The van der Waals surface area contributed by atoms with Gasteiger partial charge in [0, 0.05) is 30.7 Å². The van der Waals surface area contributed by atoms with Crippen LogP contribution in [-0.4, -0.2) is 22.5 Å². The molecule has 0 aliphatic carbocycles. The first-order valence-corrected chi connectivity index (χ1v) is 7.04. The summed E-state index contributed by atoms with van der Waals surface area (Å²) in [6.07, 6.45) is 5.07. The second-order valence-electron chi connectivity index (χ2n) is 5.11. The van der Waals surface area contributed by atoms with Gasteiger partial charge in [-0.3, -0.25) is 4.98 Å². The van der Waals surface area contributed by atoms with Gasteiger partial charge in [0.1, 0.15) is 0 Å². The number of pyridine rings is 1. The smallest absolute Gasteiger partial charge is 0.0312 e. The lowest BCUT2D eigenvalue weighted by molar-refractivity contribution is 0.245. The Morgan fingerprint density at radius 1 is 1.56 bits per heavy atom. The highest BCUT2D eigenvalue weighted by Crippen LogP contribution is 2.34. The molecule has 1 saturated heterocycles. The maximum atomic E-state index is 4.14. The quantitative estimate of drug-likeness (QED) is 0.873. The number of thioether (sulfide) groups is 1. The van der Waals surface area contributed by atoms with Gasteiger partial charge in [-0.1, -0.05) is 19.9 Å². The van der Waals surface area contributed by atoms with Crippen molar-refractivity contribution in [2.45, 2.75) is 32.9 Å². The lowest BCUT2D eigenvalue weighted by Crippen LogP contribution is -2.46. The number of nitrogens with one attached hydrogen (secondary N) is 1. The van der Waals surface area contributed by atoms with Crippen molar-refractivity contribution in [2.24, 2.45) is 5.41 Å². The van der Waals surface area contributed by atoms with Crippen molar-refractivity contribution in [3.8, 4) is 0 Å². The molecule has 0 radical (unpaired) electrons. The first-order valence-electron chi connectivity index (χ1n) is 5.88. The summed E-state index contributed by atoms with van der Waals surface area (Å²) in [5.41, 5.74) is 1.70. The molecule has 2 rings (SSSR count). The van der Waals surface area contributed by atoms with Crippen LogP contribution in [0.5, 0.6) is 0 Å². The Morgan fingerprint density at radius 3 is 3.12 bits per heavy atom. The predicted molar refractivity (Wildman–Crippen MR) is 70.6 cm³/mol. The molecule has 1 aromatic rings. The molecular weight excluding hydrogens is 216 g/mol. The number of aromatic nitrogens is 1. The van der Waals surface area contributed by atoms with E-state index < -0.39 is 0 Å². The summed E-state index contributed by atoms with van der Waals surface area (Å²) in [6, 6.07) is 4.74. The van der Waals surface area contributed by atoms with Crippen molar-refractivity contribution in [1.29, 1.82) is 0 Å². The lowest BCUT2D eigenvalue weighted by atomic mass is 9.82. The number of hydrogen-bond donors (Lipinski definition) is 1. The summed E-state index contributed by atoms with van der Waals surface area (Å²) in [5, 5.41) is 3.67. The van der Waals surface area contributed by atoms with Crippen LogP contribution in [0.2, 0.25) is 0 Å². The summed E-state index contributed by atoms with van der Waals surface area (Å²) in [6.45, 7) is 5.67. The normalized spacial score (nSPS) is 24.2. The third-order valence-corrected chi connectivity index (χ3v) is 4.46. The Bertz CT molecular complexity index is 324. The van der Waals surface area contributed by atoms with E-state index in [1.807, 2.05) is 18.5 Å². The number of nitrogens with zero attached hydrogens (tertiary/aromatic N) is 1. The lowest BCUT2D eigenvalue weighted by Gasteiger charge is -2.38. The largest absolute Gasteiger partial charge is 0.309 e. The van der Waals surface area contributed by atoms with Gasteiger partial charge in [0.15, 0.2) is 0 Å². The summed E-state index contributed by atoms with van der Waals surface area (Å²) >= 11 is 2.06. The van der Waals surface area contributed by atoms with E-state index in [4.69, 9.17) is 0 Å². The fourth-order valence-electron chi connectivity index (χ4n) is 2.02. The molecule has 2 nitrogen and oxygen atoms in total. The van der Waals surface area contributed by atoms with Crippen LogP contribution in [0.1, 0.15) is 25.8 Å². The van der Waals surface area contributed by atoms with E-state index in [2.05, 4.69) is 42.0 Å². The van der Waals surface area contributed by atoms with E-state index in [0.29, 0.717) is 11.5 Å². The van der Waals surface area contributed by atoms with Crippen LogP contribution >= 0.6 is 11.8 Å². The van der Waals surface area contributed by atoms with Gasteiger partial charge in [0.2, 0.25) is 0 Å². The predicted octanol–water partition coefficient (Wildman–Crippen LogP) is 2.70. The Kier molecular flexibility index (Phi) is 3.87. The van der Waals surface area contributed by atoms with E-state index in [9.17, 15) is 0 Å². The zero-order chi connectivity index (χ0) is 11.4. The van der Waals surface area contributed by atoms with E-state index in [1.54, 1.807) is 0 Å². The van der Waals surface area contributed by atoms with Crippen molar-refractivity contribution in [3.63, 3.8) is 0 Å². The zero-order valence-corrected chi connectivity index (χ0v) is 10.9. The minimum atomic E-state index is 0.424. The van der Waals surface area contributed by atoms with Gasteiger partial charge in [-0.15, -0.1) is 0 Å². The van der Waals surface area contributed by atoms with Crippen LogP contribution in [0, 0.1) is 5.41 Å². The van der Waals surface area contributed by atoms with Crippen LogP contribution in [0.25, 0.3) is 0 Å². The molecule has 3 heteroatoms. The zero-order valence-electron chi connectivity index (χ0n) is 10.1. The molecule has 0 bridgehead atoms. The molecular formula is C13H20N2S. The molecule has 1 aliphatic rings. The Morgan fingerprint density at radius 2 is 2.44 bits per heavy atom. The van der Waals surface area contributed by atoms with Crippen molar-refractivity contribution >= 4 is 11.8 Å². The molecule has 2 heterocycles. The third-order valence-electron chi connectivity index (χ3n) is 3.39. The van der Waals surface area contributed by atoms with Gasteiger partial charge in [-0.2, -0.15) is 11.8 Å². The molecule has 1 N–H and O–H groups in total. The van der Waals surface area contributed by atoms with E-state index in [0.717, 1.165) is 6.54 Å². The van der Waals surface area contributed by atoms with Gasteiger partial charge in [0.05, 0.1) is 0 Å². The molecule has 0 amide bonds. The van der Waals surface area contributed by atoms with E-state index in [-0.39, 0.29) is 0 Å². The minimum Gasteiger partial charge on any atom is -0.309 e. The standard InChI is InChI=1S/C13H20N2S/c1-13(2)5-7-16-10-12(13)15-9-11-4-3-6-14-8-11/h3-4,6,8,12,15H,5,7,9-10H2,1-2H3. The molecule has 1 aromatic heterocycles. The van der Waals surface area contributed by atoms with Crippen LogP contribution in [0.15, 0.2) is 24.5 Å². The average molecular weight is 236 g/mol. The summed E-state index contributed by atoms with van der Waals surface area (Å²) in [4.78, 5) is 4.14. The molecule has 16 heavy (non-hydrogen) atoms. The third kappa shape index (κ3) is 2.98. The van der Waals surface area contributed by atoms with Crippen molar-refractivity contribution < 1.29 is 0 Å². The maximum Gasteiger partial charge on any atom is 0.0312 e. The highest BCUT2D eigenvalue weighted by Gasteiger charge is 2.31. The van der Waals surface area contributed by atoms with Crippen molar-refractivity contribution in [3.05, 3.63) is 30.1 Å².